The molecule has 0 amide bonds. The molecule has 0 aliphatic carbocycles. The third-order valence-corrected chi connectivity index (χ3v) is 10.4. The first-order valence-corrected chi connectivity index (χ1v) is 19.0. The van der Waals surface area contributed by atoms with Crippen molar-refractivity contribution in [2.75, 3.05) is 65.1 Å². The highest BCUT2D eigenvalue weighted by Gasteiger charge is 2.25. The molecule has 0 aromatic carbocycles. The van der Waals surface area contributed by atoms with Crippen LogP contribution in [0.4, 0.5) is 0 Å². The van der Waals surface area contributed by atoms with Crippen LogP contribution in [-0.2, 0) is 18.3 Å². The number of phosphoric ester groups is 1. The maximum atomic E-state index is 12.3. The molecule has 6 nitrogen and oxygen atoms in total. The Hall–Kier alpha value is 0.380. The molecule has 0 bridgehead atoms. The minimum Gasteiger partial charge on any atom is -0.756 e. The highest BCUT2D eigenvalue weighted by molar-refractivity contribution is 7.99. The number of quaternary nitrogens is 1. The van der Waals surface area contributed by atoms with Gasteiger partial charge in [-0.1, -0.05) is 103 Å². The molecule has 1 fully saturated rings. The summed E-state index contributed by atoms with van der Waals surface area (Å²) in [6.45, 7) is 6.02. The number of nitrogens with zero attached hydrogens (tertiary/aromatic N) is 1. The molecule has 234 valence electrons. The van der Waals surface area contributed by atoms with Gasteiger partial charge < -0.3 is 23.2 Å². The largest absolute Gasteiger partial charge is 0.756 e. The lowest BCUT2D eigenvalue weighted by Gasteiger charge is -2.38. The van der Waals surface area contributed by atoms with Crippen LogP contribution in [-0.4, -0.2) is 69.6 Å². The highest BCUT2D eigenvalue weighted by Crippen LogP contribution is 2.39. The molecule has 0 aromatic rings. The lowest BCUT2D eigenvalue weighted by molar-refractivity contribution is -0.914. The Balaban J connectivity index is 1.95. The highest BCUT2D eigenvalue weighted by atomic mass is 32.2. The van der Waals surface area contributed by atoms with E-state index in [9.17, 15) is 9.46 Å². The molecule has 0 N–H and O–H groups in total. The van der Waals surface area contributed by atoms with E-state index in [2.05, 4.69) is 14.0 Å². The lowest BCUT2D eigenvalue weighted by atomic mass is 10.0. The Morgan fingerprint density at radius 3 is 1.79 bits per heavy atom. The second-order valence-electron chi connectivity index (χ2n) is 12.1. The Morgan fingerprint density at radius 1 is 0.769 bits per heavy atom. The molecule has 1 heterocycles. The second-order valence-corrected chi connectivity index (χ2v) is 14.7. The van der Waals surface area contributed by atoms with Gasteiger partial charge in [0.1, 0.15) is 13.2 Å². The van der Waals surface area contributed by atoms with Crippen molar-refractivity contribution in [3.8, 4) is 0 Å². The fourth-order valence-corrected chi connectivity index (χ4v) is 7.36. The van der Waals surface area contributed by atoms with Gasteiger partial charge in [-0.2, -0.15) is 11.8 Å². The number of phosphoric acid groups is 1. The molecule has 39 heavy (non-hydrogen) atoms. The molecule has 2 unspecified atom stereocenters. The van der Waals surface area contributed by atoms with E-state index in [1.807, 2.05) is 11.8 Å². The van der Waals surface area contributed by atoms with Crippen LogP contribution in [0, 0.1) is 5.92 Å². The van der Waals surface area contributed by atoms with Gasteiger partial charge in [0.05, 0.1) is 33.4 Å². The van der Waals surface area contributed by atoms with E-state index in [0.29, 0.717) is 13.2 Å². The van der Waals surface area contributed by atoms with E-state index in [1.54, 1.807) is 7.11 Å². The summed E-state index contributed by atoms with van der Waals surface area (Å²) in [7, 11) is -0.430. The topological polar surface area (TPSA) is 67.8 Å². The Morgan fingerprint density at radius 2 is 1.28 bits per heavy atom. The van der Waals surface area contributed by atoms with Crippen molar-refractivity contribution in [3.05, 3.63) is 0 Å². The van der Waals surface area contributed by atoms with E-state index in [0.717, 1.165) is 29.1 Å². The number of ether oxygens (including phenoxy) is 1. The summed E-state index contributed by atoms with van der Waals surface area (Å²) in [5, 5.41) is 0. The van der Waals surface area contributed by atoms with Crippen LogP contribution in [0.1, 0.15) is 129 Å². The van der Waals surface area contributed by atoms with Crippen LogP contribution in [0.25, 0.3) is 0 Å². The minimum absolute atomic E-state index is 0.0542. The van der Waals surface area contributed by atoms with E-state index in [1.165, 1.54) is 122 Å². The average Bonchev–Trinajstić information content (AvgIpc) is 2.91. The van der Waals surface area contributed by atoms with Crippen LogP contribution in [0.2, 0.25) is 0 Å². The first kappa shape index (κ1) is 37.4. The van der Waals surface area contributed by atoms with Gasteiger partial charge in [-0.3, -0.25) is 4.57 Å². The van der Waals surface area contributed by atoms with Crippen LogP contribution < -0.4 is 4.89 Å². The Labute approximate surface area is 246 Å². The molecule has 0 spiro atoms. The number of methoxy groups -OCH3 is 1. The SMILES string of the molecule is CCCCCCCCCCCCCCCCCCSCC(COC)COP(=O)([O-])OCC[N+]1(C)CCCCC1. The molecule has 8 heteroatoms. The first-order chi connectivity index (χ1) is 18.9. The number of likely N-dealkylation sites (N-methyl/N-ethyl adjacent to an activating group) is 1. The molecule has 1 rings (SSSR count). The zero-order valence-corrected chi connectivity index (χ0v) is 27.7. The second kappa shape index (κ2) is 24.9. The van der Waals surface area contributed by atoms with Gasteiger partial charge in [-0.15, -0.1) is 0 Å². The predicted molar refractivity (Wildman–Crippen MR) is 166 cm³/mol. The van der Waals surface area contributed by atoms with Crippen LogP contribution in [0.3, 0.4) is 0 Å². The molecule has 0 saturated carbocycles. The molecular weight excluding hydrogens is 529 g/mol. The number of likely N-dealkylation sites (tertiary alicyclic amines) is 1. The van der Waals surface area contributed by atoms with Gasteiger partial charge in [0.25, 0.3) is 7.82 Å². The number of piperidine rings is 1. The van der Waals surface area contributed by atoms with Crippen molar-refractivity contribution in [1.82, 2.24) is 0 Å². The van der Waals surface area contributed by atoms with Crippen molar-refractivity contribution in [1.29, 1.82) is 0 Å². The van der Waals surface area contributed by atoms with Crippen molar-refractivity contribution in [2.45, 2.75) is 129 Å². The summed E-state index contributed by atoms with van der Waals surface area (Å²) >= 11 is 1.88. The van der Waals surface area contributed by atoms with Gasteiger partial charge in [0.2, 0.25) is 0 Å². The Kier molecular flexibility index (Phi) is 23.9. The first-order valence-electron chi connectivity index (χ1n) is 16.4. The summed E-state index contributed by atoms with van der Waals surface area (Å²) in [4.78, 5) is 12.3. The van der Waals surface area contributed by atoms with Crippen LogP contribution in [0.5, 0.6) is 0 Å². The molecule has 0 radical (unpaired) electrons. The zero-order valence-electron chi connectivity index (χ0n) is 26.0. The van der Waals surface area contributed by atoms with Crippen LogP contribution in [0.15, 0.2) is 0 Å². The normalized spacial score (nSPS) is 17.7. The van der Waals surface area contributed by atoms with Gasteiger partial charge in [0, 0.05) is 18.8 Å². The van der Waals surface area contributed by atoms with Gasteiger partial charge in [0.15, 0.2) is 0 Å². The molecule has 0 aromatic heterocycles. The average molecular weight is 594 g/mol. The third kappa shape index (κ3) is 22.6. The molecule has 1 aliphatic rings. The van der Waals surface area contributed by atoms with Crippen molar-refractivity contribution < 1.29 is 27.7 Å². The number of thioether (sulfide) groups is 1. The summed E-state index contributed by atoms with van der Waals surface area (Å²) in [6.07, 6.45) is 25.9. The van der Waals surface area contributed by atoms with Gasteiger partial charge in [-0.25, -0.2) is 0 Å². The quantitative estimate of drug-likeness (QED) is 0.0516. The smallest absolute Gasteiger partial charge is 0.268 e. The van der Waals surface area contributed by atoms with Crippen molar-refractivity contribution >= 4 is 19.6 Å². The van der Waals surface area contributed by atoms with Gasteiger partial charge in [-0.05, 0) is 31.4 Å². The lowest BCUT2D eigenvalue weighted by Crippen LogP contribution is -2.49. The number of hydrogen-bond donors (Lipinski definition) is 0. The van der Waals surface area contributed by atoms with E-state index in [4.69, 9.17) is 13.8 Å². The third-order valence-electron chi connectivity index (χ3n) is 8.14. The molecule has 1 saturated heterocycles. The summed E-state index contributed by atoms with van der Waals surface area (Å²) in [5.74, 6) is 2.01. The molecular formula is C31H64NO5PS. The van der Waals surface area contributed by atoms with Crippen molar-refractivity contribution in [3.63, 3.8) is 0 Å². The molecule has 1 aliphatic heterocycles. The van der Waals surface area contributed by atoms with E-state index < -0.39 is 7.82 Å². The fourth-order valence-electron chi connectivity index (χ4n) is 5.49. The van der Waals surface area contributed by atoms with Crippen molar-refractivity contribution in [2.24, 2.45) is 5.92 Å². The number of rotatable bonds is 28. The molecule has 2 atom stereocenters. The van der Waals surface area contributed by atoms with Gasteiger partial charge >= 0.3 is 0 Å². The Bertz CT molecular complexity index is 591. The predicted octanol–water partition coefficient (Wildman–Crippen LogP) is 8.38. The number of unbranched alkanes of at least 4 members (excludes halogenated alkanes) is 15. The summed E-state index contributed by atoms with van der Waals surface area (Å²) < 4.78 is 28.9. The maximum absolute atomic E-state index is 12.3. The summed E-state index contributed by atoms with van der Waals surface area (Å²) in [5.41, 5.74) is 0. The van der Waals surface area contributed by atoms with Crippen LogP contribution >= 0.6 is 19.6 Å². The number of hydrogen-bond acceptors (Lipinski definition) is 6. The summed E-state index contributed by atoms with van der Waals surface area (Å²) in [6, 6.07) is 0. The van der Waals surface area contributed by atoms with E-state index in [-0.39, 0.29) is 19.1 Å². The minimum atomic E-state index is -4.27. The van der Waals surface area contributed by atoms with E-state index >= 15 is 0 Å². The fraction of sp³-hybridized carbons (Fsp3) is 1.00. The zero-order chi connectivity index (χ0) is 28.5. The monoisotopic (exact) mass is 593 g/mol. The standard InChI is InChI=1S/C31H64NO5PS/c1-4-5-6-7-8-9-10-11-12-13-14-15-16-17-18-22-27-39-30-31(28-35-3)29-37-38(33,34)36-26-25-32(2)23-20-19-21-24-32/h31H,4-30H2,1-3H3. The maximum Gasteiger partial charge on any atom is 0.268 e.